The maximum absolute atomic E-state index is 12.0. The Hall–Kier alpha value is -2.19. The van der Waals surface area contributed by atoms with Crippen molar-refractivity contribution in [1.29, 1.82) is 0 Å². The average Bonchev–Trinajstić information content (AvgIpc) is 3.23. The Morgan fingerprint density at radius 2 is 2.16 bits per heavy atom. The van der Waals surface area contributed by atoms with Gasteiger partial charge in [-0.15, -0.1) is 11.8 Å². The molecule has 8 heteroatoms. The van der Waals surface area contributed by atoms with Crippen LogP contribution in [0.15, 0.2) is 45.4 Å². The molecule has 25 heavy (non-hydrogen) atoms. The van der Waals surface area contributed by atoms with E-state index in [1.165, 1.54) is 11.3 Å². The van der Waals surface area contributed by atoms with Crippen LogP contribution in [0, 0.1) is 0 Å². The molecule has 3 heterocycles. The highest BCUT2D eigenvalue weighted by Crippen LogP contribution is 2.31. The number of aromatic nitrogens is 3. The number of nitrogens with one attached hydrogen (secondary N) is 1. The van der Waals surface area contributed by atoms with Gasteiger partial charge in [-0.1, -0.05) is 31.3 Å². The first-order chi connectivity index (χ1) is 12.1. The number of carbonyl (C=O) groups is 1. The standard InChI is InChI=1S/C17H18N4O2S2/c1-11(2)13-8-19-15(23-13)10-24-16-9-20-17(25-16)21-14(22)7-12-5-3-4-6-18-12/h3-6,8-9,11H,7,10H2,1-2H3,(H,20,21,22). The normalized spacial score (nSPS) is 11.0. The van der Waals surface area contributed by atoms with Gasteiger partial charge in [0.1, 0.15) is 5.76 Å². The first-order valence-electron chi connectivity index (χ1n) is 7.83. The van der Waals surface area contributed by atoms with E-state index in [-0.39, 0.29) is 12.3 Å². The lowest BCUT2D eigenvalue weighted by molar-refractivity contribution is -0.115. The highest BCUT2D eigenvalue weighted by molar-refractivity contribution is 8.00. The van der Waals surface area contributed by atoms with Gasteiger partial charge in [0, 0.05) is 17.8 Å². The SMILES string of the molecule is CC(C)c1cnc(CSc2cnc(NC(=O)Cc3ccccn3)s2)o1. The molecule has 0 spiro atoms. The van der Waals surface area contributed by atoms with Crippen molar-refractivity contribution in [3.63, 3.8) is 0 Å². The number of rotatable bonds is 7. The molecule has 3 aromatic heterocycles. The molecule has 130 valence electrons. The van der Waals surface area contributed by atoms with Crippen molar-refractivity contribution in [1.82, 2.24) is 15.0 Å². The minimum absolute atomic E-state index is 0.126. The number of hydrogen-bond donors (Lipinski definition) is 1. The van der Waals surface area contributed by atoms with Crippen LogP contribution < -0.4 is 5.32 Å². The molecule has 0 aliphatic carbocycles. The Morgan fingerprint density at radius 3 is 2.88 bits per heavy atom. The minimum Gasteiger partial charge on any atom is -0.445 e. The van der Waals surface area contributed by atoms with E-state index in [1.54, 1.807) is 30.4 Å². The van der Waals surface area contributed by atoms with Gasteiger partial charge in [0.25, 0.3) is 0 Å². The first-order valence-corrected chi connectivity index (χ1v) is 9.63. The van der Waals surface area contributed by atoms with Crippen LogP contribution in [0.2, 0.25) is 0 Å². The van der Waals surface area contributed by atoms with Gasteiger partial charge in [0.2, 0.25) is 11.8 Å². The van der Waals surface area contributed by atoms with E-state index >= 15 is 0 Å². The molecule has 0 aromatic carbocycles. The van der Waals surface area contributed by atoms with Gasteiger partial charge in [0.05, 0.1) is 28.8 Å². The lowest BCUT2D eigenvalue weighted by Gasteiger charge is -2.00. The van der Waals surface area contributed by atoms with Crippen LogP contribution in [-0.4, -0.2) is 20.9 Å². The molecular formula is C17H18N4O2S2. The van der Waals surface area contributed by atoms with E-state index in [2.05, 4.69) is 34.1 Å². The van der Waals surface area contributed by atoms with Gasteiger partial charge >= 0.3 is 0 Å². The number of pyridine rings is 1. The van der Waals surface area contributed by atoms with Crippen LogP contribution in [0.25, 0.3) is 0 Å². The Kier molecular flexibility index (Phi) is 5.83. The molecule has 0 saturated carbocycles. The topological polar surface area (TPSA) is 80.9 Å². The predicted octanol–water partition coefficient (Wildman–Crippen LogP) is 4.12. The number of hydrogen-bond acceptors (Lipinski definition) is 7. The number of thiazole rings is 1. The van der Waals surface area contributed by atoms with Crippen molar-refractivity contribution in [3.05, 3.63) is 54.1 Å². The van der Waals surface area contributed by atoms with Crippen molar-refractivity contribution in [3.8, 4) is 0 Å². The van der Waals surface area contributed by atoms with Crippen molar-refractivity contribution in [2.45, 2.75) is 36.1 Å². The van der Waals surface area contributed by atoms with Crippen LogP contribution >= 0.6 is 23.1 Å². The van der Waals surface area contributed by atoms with Gasteiger partial charge < -0.3 is 9.73 Å². The fourth-order valence-corrected chi connectivity index (χ4v) is 3.75. The molecule has 0 unspecified atom stereocenters. The van der Waals surface area contributed by atoms with Gasteiger partial charge in [-0.3, -0.25) is 9.78 Å². The maximum Gasteiger partial charge on any atom is 0.232 e. The van der Waals surface area contributed by atoms with Crippen LogP contribution in [0.5, 0.6) is 0 Å². The zero-order valence-corrected chi connectivity index (χ0v) is 15.6. The third-order valence-corrected chi connectivity index (χ3v) is 5.37. The number of carbonyl (C=O) groups excluding carboxylic acids is 1. The Morgan fingerprint density at radius 1 is 1.28 bits per heavy atom. The third-order valence-electron chi connectivity index (χ3n) is 3.28. The monoisotopic (exact) mass is 374 g/mol. The molecule has 0 bridgehead atoms. The number of thioether (sulfide) groups is 1. The average molecular weight is 374 g/mol. The van der Waals surface area contributed by atoms with E-state index in [0.717, 1.165) is 15.7 Å². The molecule has 6 nitrogen and oxygen atoms in total. The van der Waals surface area contributed by atoms with Crippen LogP contribution in [0.1, 0.15) is 37.1 Å². The molecule has 0 aliphatic rings. The summed E-state index contributed by atoms with van der Waals surface area (Å²) in [6.07, 6.45) is 5.43. The lowest BCUT2D eigenvalue weighted by Crippen LogP contribution is -2.14. The van der Waals surface area contributed by atoms with Crippen molar-refractivity contribution < 1.29 is 9.21 Å². The third kappa shape index (κ3) is 5.14. The Balaban J connectivity index is 1.50. The molecular weight excluding hydrogens is 356 g/mol. The first kappa shape index (κ1) is 17.6. The van der Waals surface area contributed by atoms with Crippen molar-refractivity contribution in [2.24, 2.45) is 0 Å². The summed E-state index contributed by atoms with van der Waals surface area (Å²) in [5.74, 6) is 2.43. The number of amides is 1. The highest BCUT2D eigenvalue weighted by atomic mass is 32.2. The quantitative estimate of drug-likeness (QED) is 0.627. The molecule has 0 fully saturated rings. The van der Waals surface area contributed by atoms with E-state index < -0.39 is 0 Å². The summed E-state index contributed by atoms with van der Waals surface area (Å²) in [6.45, 7) is 4.14. The second kappa shape index (κ2) is 8.26. The highest BCUT2D eigenvalue weighted by Gasteiger charge is 2.11. The van der Waals surface area contributed by atoms with Crippen LogP contribution in [-0.2, 0) is 17.0 Å². The molecule has 0 aliphatic heterocycles. The van der Waals surface area contributed by atoms with Crippen molar-refractivity contribution in [2.75, 3.05) is 5.32 Å². The summed E-state index contributed by atoms with van der Waals surface area (Å²) < 4.78 is 6.68. The van der Waals surface area contributed by atoms with E-state index in [1.807, 2.05) is 18.2 Å². The minimum atomic E-state index is -0.126. The van der Waals surface area contributed by atoms with Crippen LogP contribution in [0.4, 0.5) is 5.13 Å². The molecule has 0 atom stereocenters. The fraction of sp³-hybridized carbons (Fsp3) is 0.294. The largest absolute Gasteiger partial charge is 0.445 e. The van der Waals surface area contributed by atoms with Gasteiger partial charge in [-0.2, -0.15) is 0 Å². The maximum atomic E-state index is 12.0. The van der Waals surface area contributed by atoms with E-state index in [0.29, 0.717) is 22.7 Å². The predicted molar refractivity (Wildman–Crippen MR) is 98.8 cm³/mol. The lowest BCUT2D eigenvalue weighted by atomic mass is 10.2. The molecule has 1 N–H and O–H groups in total. The van der Waals surface area contributed by atoms with Crippen LogP contribution in [0.3, 0.4) is 0 Å². The van der Waals surface area contributed by atoms with Gasteiger partial charge in [-0.05, 0) is 12.1 Å². The molecule has 0 radical (unpaired) electrons. The van der Waals surface area contributed by atoms with E-state index in [9.17, 15) is 4.79 Å². The molecule has 0 saturated heterocycles. The summed E-state index contributed by atoms with van der Waals surface area (Å²) >= 11 is 3.02. The molecule has 3 aromatic rings. The summed E-state index contributed by atoms with van der Waals surface area (Å²) in [5, 5.41) is 3.39. The summed E-state index contributed by atoms with van der Waals surface area (Å²) in [6, 6.07) is 5.51. The second-order valence-corrected chi connectivity index (χ2v) is 7.94. The molecule has 3 rings (SSSR count). The number of nitrogens with zero attached hydrogens (tertiary/aromatic N) is 3. The summed E-state index contributed by atoms with van der Waals surface area (Å²) in [5.41, 5.74) is 0.732. The summed E-state index contributed by atoms with van der Waals surface area (Å²) in [4.78, 5) is 24.7. The van der Waals surface area contributed by atoms with Gasteiger partial charge in [0.15, 0.2) is 5.13 Å². The zero-order valence-electron chi connectivity index (χ0n) is 13.9. The summed E-state index contributed by atoms with van der Waals surface area (Å²) in [7, 11) is 0. The number of anilines is 1. The Bertz CT molecular complexity index is 830. The zero-order chi connectivity index (χ0) is 17.6. The van der Waals surface area contributed by atoms with Gasteiger partial charge in [-0.25, -0.2) is 9.97 Å². The van der Waals surface area contributed by atoms with Crippen molar-refractivity contribution >= 4 is 34.1 Å². The smallest absolute Gasteiger partial charge is 0.232 e. The second-order valence-electron chi connectivity index (χ2n) is 5.63. The molecule has 1 amide bonds. The van der Waals surface area contributed by atoms with E-state index in [4.69, 9.17) is 4.42 Å². The Labute approximate surface area is 154 Å². The fourth-order valence-electron chi connectivity index (χ4n) is 2.01. The number of oxazole rings is 1.